The van der Waals surface area contributed by atoms with E-state index in [2.05, 4.69) is 77.1 Å². The van der Waals surface area contributed by atoms with E-state index in [1.165, 1.54) is 11.1 Å². The number of ether oxygens (including phenoxy) is 1. The average Bonchev–Trinajstić information content (AvgIpc) is 2.68. The van der Waals surface area contributed by atoms with E-state index >= 15 is 0 Å². The van der Waals surface area contributed by atoms with Crippen LogP contribution in [0.2, 0.25) is 0 Å². The third kappa shape index (κ3) is 6.82. The molecule has 4 heteroatoms. The number of thiol groups is 2. The molecule has 0 heterocycles. The molecule has 0 aliphatic rings. The van der Waals surface area contributed by atoms with Crippen molar-refractivity contribution in [3.63, 3.8) is 0 Å². The number of hydrogen-bond donors (Lipinski definition) is 2. The lowest BCUT2D eigenvalue weighted by Gasteiger charge is -2.17. The van der Waals surface area contributed by atoms with Gasteiger partial charge in [-0.3, -0.25) is 0 Å². The zero-order chi connectivity index (χ0) is 20.7. The van der Waals surface area contributed by atoms with Gasteiger partial charge in [0.15, 0.2) is 0 Å². The normalized spacial score (nSPS) is 13.4. The van der Waals surface area contributed by atoms with E-state index in [-0.39, 0.29) is 0 Å². The fourth-order valence-corrected chi connectivity index (χ4v) is 4.14. The summed E-state index contributed by atoms with van der Waals surface area (Å²) < 4.78 is 7.00. The molecule has 0 saturated carbocycles. The minimum atomic E-state index is 0.498. The van der Waals surface area contributed by atoms with Crippen LogP contribution in [0.15, 0.2) is 51.6 Å². The molecule has 0 aromatic heterocycles. The Morgan fingerprint density at radius 3 is 2.32 bits per heavy atom. The van der Waals surface area contributed by atoms with Gasteiger partial charge in [0.1, 0.15) is 5.75 Å². The number of benzene rings is 2. The summed E-state index contributed by atoms with van der Waals surface area (Å²) in [5, 5.41) is 0. The molecule has 0 N–H and O–H groups in total. The fourth-order valence-electron chi connectivity index (χ4n) is 2.69. The minimum absolute atomic E-state index is 0.498. The quantitative estimate of drug-likeness (QED) is 0.305. The Labute approximate surface area is 186 Å². The van der Waals surface area contributed by atoms with Crippen molar-refractivity contribution >= 4 is 41.9 Å². The molecule has 28 heavy (non-hydrogen) atoms. The molecule has 2 aromatic carbocycles. The van der Waals surface area contributed by atoms with E-state index in [9.17, 15) is 0 Å². The molecule has 0 bridgehead atoms. The molecular formula is C24H32OS3. The van der Waals surface area contributed by atoms with Gasteiger partial charge in [-0.25, -0.2) is 0 Å². The van der Waals surface area contributed by atoms with Crippen LogP contribution in [0.5, 0.6) is 5.75 Å². The monoisotopic (exact) mass is 432 g/mol. The number of rotatable bonds is 9. The van der Waals surface area contributed by atoms with Crippen molar-refractivity contribution in [3.8, 4) is 5.75 Å². The molecule has 0 fully saturated rings. The largest absolute Gasteiger partial charge is 0.493 e. The van der Waals surface area contributed by atoms with Gasteiger partial charge in [-0.15, -0.1) is 25.3 Å². The van der Waals surface area contributed by atoms with Crippen LogP contribution in [0.1, 0.15) is 63.1 Å². The van der Waals surface area contributed by atoms with Crippen LogP contribution in [-0.4, -0.2) is 6.61 Å². The predicted molar refractivity (Wildman–Crippen MR) is 132 cm³/mol. The van der Waals surface area contributed by atoms with Crippen molar-refractivity contribution in [1.29, 1.82) is 0 Å². The van der Waals surface area contributed by atoms with Crippen molar-refractivity contribution in [2.24, 2.45) is 5.92 Å². The molecule has 2 aromatic rings. The van der Waals surface area contributed by atoms with Gasteiger partial charge in [-0.05, 0) is 61.4 Å². The van der Waals surface area contributed by atoms with Gasteiger partial charge in [-0.2, -0.15) is 0 Å². The Morgan fingerprint density at radius 1 is 1.04 bits per heavy atom. The summed E-state index contributed by atoms with van der Waals surface area (Å²) in [5.41, 5.74) is 3.58. The van der Waals surface area contributed by atoms with Gasteiger partial charge >= 0.3 is 0 Å². The maximum Gasteiger partial charge on any atom is 0.127 e. The molecule has 0 saturated heterocycles. The summed E-state index contributed by atoms with van der Waals surface area (Å²) in [6.07, 6.45) is 2.13. The van der Waals surface area contributed by atoms with Gasteiger partial charge < -0.3 is 4.74 Å². The summed E-state index contributed by atoms with van der Waals surface area (Å²) in [4.78, 5) is 2.01. The molecule has 1 atom stereocenters. The minimum Gasteiger partial charge on any atom is -0.493 e. The van der Waals surface area contributed by atoms with Crippen LogP contribution >= 0.6 is 37.0 Å². The first kappa shape index (κ1) is 23.3. The highest BCUT2D eigenvalue weighted by Gasteiger charge is 2.14. The smallest absolute Gasteiger partial charge is 0.127 e. The Balaban J connectivity index is 2.35. The summed E-state index contributed by atoms with van der Waals surface area (Å²) in [5.74, 6) is 2.00. The van der Waals surface area contributed by atoms with Crippen LogP contribution in [-0.2, 0) is 0 Å². The lowest BCUT2D eigenvalue weighted by molar-refractivity contribution is 0.289. The summed E-state index contributed by atoms with van der Waals surface area (Å²) in [6.45, 7) is 11.7. The molecule has 1 unspecified atom stereocenters. The van der Waals surface area contributed by atoms with Crippen molar-refractivity contribution in [1.82, 2.24) is 0 Å². The first-order valence-corrected chi connectivity index (χ1v) is 11.7. The van der Waals surface area contributed by atoms with Crippen molar-refractivity contribution in [2.75, 3.05) is 6.61 Å². The van der Waals surface area contributed by atoms with Gasteiger partial charge in [0.25, 0.3) is 0 Å². The van der Waals surface area contributed by atoms with Gasteiger partial charge in [0.05, 0.1) is 10.8 Å². The third-order valence-corrected chi connectivity index (χ3v) is 7.03. The van der Waals surface area contributed by atoms with E-state index in [0.717, 1.165) is 38.2 Å². The van der Waals surface area contributed by atoms with E-state index in [1.54, 1.807) is 11.8 Å². The molecule has 1 nitrogen and oxygen atoms in total. The molecular weight excluding hydrogens is 400 g/mol. The average molecular weight is 433 g/mol. The maximum atomic E-state index is 6.13. The topological polar surface area (TPSA) is 9.23 Å². The van der Waals surface area contributed by atoms with Crippen molar-refractivity contribution in [2.45, 2.75) is 58.3 Å². The second-order valence-corrected chi connectivity index (χ2v) is 9.95. The van der Waals surface area contributed by atoms with E-state index in [1.807, 2.05) is 0 Å². The lowest BCUT2D eigenvalue weighted by Crippen LogP contribution is -2.04. The van der Waals surface area contributed by atoms with Crippen LogP contribution in [0.3, 0.4) is 0 Å². The molecule has 0 amide bonds. The van der Waals surface area contributed by atoms with Crippen LogP contribution < -0.4 is 4.74 Å². The van der Waals surface area contributed by atoms with Crippen LogP contribution in [0.4, 0.5) is 0 Å². The number of aryl methyl sites for hydroxylation is 1. The van der Waals surface area contributed by atoms with Crippen molar-refractivity contribution < 1.29 is 4.74 Å². The van der Waals surface area contributed by atoms with Crippen molar-refractivity contribution in [3.05, 3.63) is 63.4 Å². The first-order valence-electron chi connectivity index (χ1n) is 9.95. The van der Waals surface area contributed by atoms with E-state index in [4.69, 9.17) is 30.0 Å². The second kappa shape index (κ2) is 11.3. The summed E-state index contributed by atoms with van der Waals surface area (Å²) in [7, 11) is 0. The standard InChI is InChI=1S/C24H32OS3/c1-6-18(5)19-9-12-22(25-14-13-16(2)3)21(15-19)23(26)24(27)28-20-10-7-17(4)8-11-20/h7-12,15-16,18,26-27H,6,13-14H2,1-5H3. The fraction of sp³-hybridized carbons (Fsp3) is 0.417. The molecule has 0 aliphatic carbocycles. The van der Waals surface area contributed by atoms with Gasteiger partial charge in [0, 0.05) is 15.4 Å². The third-order valence-electron chi connectivity index (χ3n) is 4.83. The number of thioether (sulfide) groups is 1. The second-order valence-electron chi connectivity index (χ2n) is 7.66. The van der Waals surface area contributed by atoms with Crippen LogP contribution in [0, 0.1) is 12.8 Å². The highest BCUT2D eigenvalue weighted by atomic mass is 32.2. The lowest BCUT2D eigenvalue weighted by atomic mass is 9.96. The van der Waals surface area contributed by atoms with E-state index in [0.29, 0.717) is 18.4 Å². The summed E-state index contributed by atoms with van der Waals surface area (Å²) >= 11 is 11.2. The number of hydrogen-bond acceptors (Lipinski definition) is 4. The highest BCUT2D eigenvalue weighted by molar-refractivity contribution is 8.17. The first-order chi connectivity index (χ1) is 13.3. The molecule has 2 rings (SSSR count). The predicted octanol–water partition coefficient (Wildman–Crippen LogP) is 8.21. The Hall–Kier alpha value is -0.970. The Bertz CT molecular complexity index is 794. The SMILES string of the molecule is CCC(C)c1ccc(OCCC(C)C)c(C(S)=C(S)Sc2ccc(C)cc2)c1. The molecule has 0 spiro atoms. The van der Waals surface area contributed by atoms with Crippen LogP contribution in [0.25, 0.3) is 4.91 Å². The van der Waals surface area contributed by atoms with Gasteiger partial charge in [0.2, 0.25) is 0 Å². The molecule has 0 radical (unpaired) electrons. The zero-order valence-corrected chi connectivity index (χ0v) is 20.1. The van der Waals surface area contributed by atoms with Gasteiger partial charge in [-0.1, -0.05) is 63.2 Å². The maximum absolute atomic E-state index is 6.13. The summed E-state index contributed by atoms with van der Waals surface area (Å²) in [6, 6.07) is 14.9. The van der Waals surface area contributed by atoms with E-state index < -0.39 is 0 Å². The highest BCUT2D eigenvalue weighted by Crippen LogP contribution is 2.41. The Morgan fingerprint density at radius 2 is 1.71 bits per heavy atom. The molecule has 0 aliphatic heterocycles. The zero-order valence-electron chi connectivity index (χ0n) is 17.5. The molecule has 152 valence electrons. The Kier molecular flexibility index (Phi) is 9.39.